The van der Waals surface area contributed by atoms with Crippen LogP contribution in [0.2, 0.25) is 0 Å². The number of fused-ring (bicyclic) bond motifs is 1. The van der Waals surface area contributed by atoms with Gasteiger partial charge in [0.05, 0.1) is 5.69 Å². The summed E-state index contributed by atoms with van der Waals surface area (Å²) in [7, 11) is 0. The first-order valence-electron chi connectivity index (χ1n) is 8.57. The van der Waals surface area contributed by atoms with Crippen molar-refractivity contribution in [2.75, 3.05) is 13.1 Å². The normalized spacial score (nSPS) is 10.8. The monoisotopic (exact) mass is 337 g/mol. The van der Waals surface area contributed by atoms with Crippen molar-refractivity contribution in [1.82, 2.24) is 25.2 Å². The molecule has 0 aliphatic heterocycles. The van der Waals surface area contributed by atoms with Gasteiger partial charge in [-0.15, -0.1) is 0 Å². The molecule has 1 aromatic carbocycles. The molecule has 6 heteroatoms. The van der Waals surface area contributed by atoms with Gasteiger partial charge in [-0.1, -0.05) is 30.3 Å². The predicted octanol–water partition coefficient (Wildman–Crippen LogP) is 2.51. The van der Waals surface area contributed by atoms with E-state index in [2.05, 4.69) is 32.8 Å². The average molecular weight is 337 g/mol. The summed E-state index contributed by atoms with van der Waals surface area (Å²) in [4.78, 5) is 16.2. The highest BCUT2D eigenvalue weighted by atomic mass is 16.2. The molecule has 0 atom stereocenters. The molecule has 25 heavy (non-hydrogen) atoms. The third-order valence-corrected chi connectivity index (χ3v) is 3.96. The molecular formula is C19H23N5O. The van der Waals surface area contributed by atoms with E-state index in [-0.39, 0.29) is 6.03 Å². The predicted molar refractivity (Wildman–Crippen MR) is 97.6 cm³/mol. The zero-order valence-electron chi connectivity index (χ0n) is 14.4. The van der Waals surface area contributed by atoms with Crippen molar-refractivity contribution in [2.45, 2.75) is 26.2 Å². The highest BCUT2D eigenvalue weighted by molar-refractivity contribution is 5.73. The van der Waals surface area contributed by atoms with Gasteiger partial charge in [-0.2, -0.15) is 5.10 Å². The minimum Gasteiger partial charge on any atom is -0.338 e. The van der Waals surface area contributed by atoms with Crippen LogP contribution in [0.4, 0.5) is 4.79 Å². The van der Waals surface area contributed by atoms with Crippen LogP contribution in [0.1, 0.15) is 23.2 Å². The number of hydrogen-bond acceptors (Lipinski definition) is 3. The second-order valence-corrected chi connectivity index (χ2v) is 6.07. The van der Waals surface area contributed by atoms with Gasteiger partial charge in [0.15, 0.2) is 5.65 Å². The maximum Gasteiger partial charge on any atom is 0.314 e. The number of carbonyl (C=O) groups excluding carboxylic acids is 1. The van der Waals surface area contributed by atoms with Crippen LogP contribution in [0, 0.1) is 6.92 Å². The van der Waals surface area contributed by atoms with Crippen molar-refractivity contribution in [3.63, 3.8) is 0 Å². The Morgan fingerprint density at radius 2 is 1.88 bits per heavy atom. The molecule has 3 rings (SSSR count). The van der Waals surface area contributed by atoms with E-state index in [1.807, 2.05) is 43.6 Å². The van der Waals surface area contributed by atoms with Crippen molar-refractivity contribution in [3.8, 4) is 0 Å². The van der Waals surface area contributed by atoms with Crippen LogP contribution in [0.3, 0.4) is 0 Å². The molecule has 0 saturated carbocycles. The Labute approximate surface area is 147 Å². The standard InChI is InChI=1S/C19H23N5O/c1-15-12-18-22-13-17(14-24(18)23-15)8-5-10-20-19(25)21-11-9-16-6-3-2-4-7-16/h2-4,6-7,12-14H,5,8-11H2,1H3,(H2,20,21,25). The van der Waals surface area contributed by atoms with Crippen molar-refractivity contribution >= 4 is 11.7 Å². The largest absolute Gasteiger partial charge is 0.338 e. The minimum atomic E-state index is -0.118. The number of urea groups is 1. The summed E-state index contributed by atoms with van der Waals surface area (Å²) in [5.74, 6) is 0. The molecule has 0 unspecified atom stereocenters. The molecule has 3 aromatic rings. The van der Waals surface area contributed by atoms with Crippen LogP contribution < -0.4 is 10.6 Å². The van der Waals surface area contributed by atoms with Crippen LogP contribution >= 0.6 is 0 Å². The molecule has 0 radical (unpaired) electrons. The number of nitrogens with zero attached hydrogens (tertiary/aromatic N) is 3. The molecule has 0 aliphatic carbocycles. The second-order valence-electron chi connectivity index (χ2n) is 6.07. The van der Waals surface area contributed by atoms with E-state index < -0.39 is 0 Å². The fourth-order valence-electron chi connectivity index (χ4n) is 2.68. The van der Waals surface area contributed by atoms with E-state index in [1.54, 1.807) is 4.52 Å². The number of carbonyl (C=O) groups is 1. The summed E-state index contributed by atoms with van der Waals surface area (Å²) in [6.07, 6.45) is 6.42. The highest BCUT2D eigenvalue weighted by Gasteiger charge is 2.02. The van der Waals surface area contributed by atoms with Crippen molar-refractivity contribution in [2.24, 2.45) is 0 Å². The third-order valence-electron chi connectivity index (χ3n) is 3.96. The summed E-state index contributed by atoms with van der Waals surface area (Å²) in [6.45, 7) is 3.22. The molecule has 2 heterocycles. The van der Waals surface area contributed by atoms with Gasteiger partial charge in [0.25, 0.3) is 0 Å². The minimum absolute atomic E-state index is 0.118. The number of rotatable bonds is 7. The fourth-order valence-corrected chi connectivity index (χ4v) is 2.68. The van der Waals surface area contributed by atoms with E-state index in [0.717, 1.165) is 36.2 Å². The van der Waals surface area contributed by atoms with Gasteiger partial charge >= 0.3 is 6.03 Å². The molecule has 130 valence electrons. The lowest BCUT2D eigenvalue weighted by Crippen LogP contribution is -2.37. The topological polar surface area (TPSA) is 71.3 Å². The first-order valence-corrected chi connectivity index (χ1v) is 8.57. The number of hydrogen-bond donors (Lipinski definition) is 2. The van der Waals surface area contributed by atoms with Crippen LogP contribution in [-0.4, -0.2) is 33.7 Å². The van der Waals surface area contributed by atoms with E-state index in [4.69, 9.17) is 0 Å². The molecule has 2 N–H and O–H groups in total. The van der Waals surface area contributed by atoms with Gasteiger partial charge < -0.3 is 10.6 Å². The maximum atomic E-state index is 11.8. The molecular weight excluding hydrogens is 314 g/mol. The average Bonchev–Trinajstić information content (AvgIpc) is 2.99. The van der Waals surface area contributed by atoms with Crippen LogP contribution in [0.25, 0.3) is 5.65 Å². The van der Waals surface area contributed by atoms with Gasteiger partial charge in [-0.3, -0.25) is 0 Å². The van der Waals surface area contributed by atoms with Crippen LogP contribution in [0.15, 0.2) is 48.8 Å². The zero-order chi connectivity index (χ0) is 17.5. The number of aryl methyl sites for hydroxylation is 2. The first kappa shape index (κ1) is 17.0. The van der Waals surface area contributed by atoms with E-state index in [1.165, 1.54) is 5.56 Å². The quantitative estimate of drug-likeness (QED) is 0.651. The summed E-state index contributed by atoms with van der Waals surface area (Å²) in [5, 5.41) is 10.1. The SMILES string of the molecule is Cc1cc2ncc(CCCNC(=O)NCCc3ccccc3)cn2n1. The molecule has 0 aliphatic rings. The van der Waals surface area contributed by atoms with Crippen LogP contribution in [0.5, 0.6) is 0 Å². The van der Waals surface area contributed by atoms with Gasteiger partial charge in [0, 0.05) is 31.5 Å². The van der Waals surface area contributed by atoms with Crippen LogP contribution in [-0.2, 0) is 12.8 Å². The Morgan fingerprint density at radius 1 is 1.08 bits per heavy atom. The highest BCUT2D eigenvalue weighted by Crippen LogP contribution is 2.06. The molecule has 2 aromatic heterocycles. The lowest BCUT2D eigenvalue weighted by atomic mass is 10.1. The molecule has 0 fully saturated rings. The van der Waals surface area contributed by atoms with Crippen molar-refractivity contribution in [1.29, 1.82) is 0 Å². The second kappa shape index (κ2) is 8.28. The lowest BCUT2D eigenvalue weighted by molar-refractivity contribution is 0.241. The maximum absolute atomic E-state index is 11.8. The Morgan fingerprint density at radius 3 is 2.72 bits per heavy atom. The fraction of sp³-hybridized carbons (Fsp3) is 0.316. The molecule has 2 amide bonds. The number of benzene rings is 1. The lowest BCUT2D eigenvalue weighted by Gasteiger charge is -2.08. The summed E-state index contributed by atoms with van der Waals surface area (Å²) < 4.78 is 1.80. The third kappa shape index (κ3) is 5.04. The Bertz CT molecular complexity index is 828. The van der Waals surface area contributed by atoms with Gasteiger partial charge in [0.2, 0.25) is 0 Å². The summed E-state index contributed by atoms with van der Waals surface area (Å²) >= 11 is 0. The Hall–Kier alpha value is -2.89. The molecule has 0 spiro atoms. The van der Waals surface area contributed by atoms with Gasteiger partial charge in [-0.05, 0) is 37.3 Å². The zero-order valence-corrected chi connectivity index (χ0v) is 14.4. The summed E-state index contributed by atoms with van der Waals surface area (Å²) in [5.41, 5.74) is 4.15. The molecule has 0 bridgehead atoms. The van der Waals surface area contributed by atoms with E-state index >= 15 is 0 Å². The summed E-state index contributed by atoms with van der Waals surface area (Å²) in [6, 6.07) is 12.0. The van der Waals surface area contributed by atoms with Gasteiger partial charge in [0.1, 0.15) is 0 Å². The first-order chi connectivity index (χ1) is 12.2. The van der Waals surface area contributed by atoms with Crippen molar-refractivity contribution in [3.05, 3.63) is 65.6 Å². The number of amides is 2. The Kier molecular flexibility index (Phi) is 5.61. The van der Waals surface area contributed by atoms with Gasteiger partial charge in [-0.25, -0.2) is 14.3 Å². The van der Waals surface area contributed by atoms with E-state index in [0.29, 0.717) is 13.1 Å². The molecule has 0 saturated heterocycles. The molecule has 6 nitrogen and oxygen atoms in total. The number of nitrogens with one attached hydrogen (secondary N) is 2. The van der Waals surface area contributed by atoms with E-state index in [9.17, 15) is 4.79 Å². The smallest absolute Gasteiger partial charge is 0.314 e. The van der Waals surface area contributed by atoms with Crippen molar-refractivity contribution < 1.29 is 4.79 Å². The Balaban J connectivity index is 1.33. The number of aromatic nitrogens is 3.